The summed E-state index contributed by atoms with van der Waals surface area (Å²) in [6.45, 7) is 4.44. The van der Waals surface area contributed by atoms with E-state index in [0.717, 1.165) is 37.6 Å². The number of ether oxygens (including phenoxy) is 1. The normalized spacial score (nSPS) is 15.6. The van der Waals surface area contributed by atoms with Gasteiger partial charge in [0.25, 0.3) is 0 Å². The maximum Gasteiger partial charge on any atom is 0.215 e. The number of methoxy groups -OCH3 is 1. The summed E-state index contributed by atoms with van der Waals surface area (Å²) in [5, 5.41) is 0. The second kappa shape index (κ2) is 9.36. The highest BCUT2D eigenvalue weighted by molar-refractivity contribution is 7.88. The maximum absolute atomic E-state index is 13.6. The number of nitrogens with zero attached hydrogens (tertiary/aromatic N) is 2. The first-order valence-electron chi connectivity index (χ1n) is 9.29. The van der Waals surface area contributed by atoms with Gasteiger partial charge in [-0.25, -0.2) is 17.5 Å². The van der Waals surface area contributed by atoms with E-state index in [9.17, 15) is 12.8 Å². The molecule has 28 heavy (non-hydrogen) atoms. The number of rotatable bonds is 8. The van der Waals surface area contributed by atoms with Gasteiger partial charge in [-0.15, -0.1) is 0 Å². The van der Waals surface area contributed by atoms with E-state index in [1.165, 1.54) is 12.1 Å². The molecule has 8 heteroatoms. The van der Waals surface area contributed by atoms with Crippen molar-refractivity contribution < 1.29 is 17.5 Å². The Balaban J connectivity index is 1.42. The fraction of sp³-hybridized carbons (Fsp3) is 0.400. The van der Waals surface area contributed by atoms with E-state index in [4.69, 9.17) is 4.74 Å². The highest BCUT2D eigenvalue weighted by Crippen LogP contribution is 2.20. The van der Waals surface area contributed by atoms with Gasteiger partial charge >= 0.3 is 0 Å². The van der Waals surface area contributed by atoms with Crippen molar-refractivity contribution in [2.75, 3.05) is 51.3 Å². The fourth-order valence-corrected chi connectivity index (χ4v) is 4.40. The summed E-state index contributed by atoms with van der Waals surface area (Å²) in [6.07, 6.45) is 0. The number of piperazine rings is 1. The van der Waals surface area contributed by atoms with Crippen LogP contribution in [0.4, 0.5) is 10.1 Å². The van der Waals surface area contributed by atoms with Gasteiger partial charge in [0.05, 0.1) is 12.9 Å². The average Bonchev–Trinajstić information content (AvgIpc) is 2.70. The van der Waals surface area contributed by atoms with Crippen molar-refractivity contribution in [3.8, 4) is 5.75 Å². The molecule has 2 aromatic rings. The molecular formula is C20H26FN3O3S. The Morgan fingerprint density at radius 1 is 1.04 bits per heavy atom. The van der Waals surface area contributed by atoms with Crippen molar-refractivity contribution in [2.45, 2.75) is 5.75 Å². The van der Waals surface area contributed by atoms with Crippen molar-refractivity contribution >= 4 is 15.7 Å². The van der Waals surface area contributed by atoms with Crippen LogP contribution in [0, 0.1) is 5.82 Å². The Morgan fingerprint density at radius 2 is 1.71 bits per heavy atom. The topological polar surface area (TPSA) is 61.9 Å². The number of sulfonamides is 1. The summed E-state index contributed by atoms with van der Waals surface area (Å²) in [7, 11) is -1.91. The van der Waals surface area contributed by atoms with Gasteiger partial charge in [0.2, 0.25) is 10.0 Å². The van der Waals surface area contributed by atoms with Crippen LogP contribution >= 0.6 is 0 Å². The van der Waals surface area contributed by atoms with Crippen LogP contribution in [0.15, 0.2) is 48.5 Å². The summed E-state index contributed by atoms with van der Waals surface area (Å²) in [5.74, 6) is -0.00199. The molecule has 0 radical (unpaired) electrons. The molecule has 0 spiro atoms. The number of nitrogens with one attached hydrogen (secondary N) is 1. The van der Waals surface area contributed by atoms with Crippen LogP contribution in [0.5, 0.6) is 5.75 Å². The quantitative estimate of drug-likeness (QED) is 0.726. The SMILES string of the molecule is COc1ccc(N2CCN(CCNS(=O)(=O)Cc3ccccc3F)CC2)cc1. The van der Waals surface area contributed by atoms with Gasteiger partial charge < -0.3 is 9.64 Å². The summed E-state index contributed by atoms with van der Waals surface area (Å²) in [5.41, 5.74) is 1.34. The van der Waals surface area contributed by atoms with E-state index in [1.807, 2.05) is 24.3 Å². The summed E-state index contributed by atoms with van der Waals surface area (Å²) >= 11 is 0. The maximum atomic E-state index is 13.6. The van der Waals surface area contributed by atoms with Crippen molar-refractivity contribution in [1.29, 1.82) is 0 Å². The smallest absolute Gasteiger partial charge is 0.215 e. The first-order valence-corrected chi connectivity index (χ1v) is 10.9. The van der Waals surface area contributed by atoms with Crippen LogP contribution in [-0.2, 0) is 15.8 Å². The molecule has 1 N–H and O–H groups in total. The zero-order valence-electron chi connectivity index (χ0n) is 16.0. The third kappa shape index (κ3) is 5.67. The predicted octanol–water partition coefficient (Wildman–Crippen LogP) is 2.08. The van der Waals surface area contributed by atoms with E-state index >= 15 is 0 Å². The van der Waals surface area contributed by atoms with Crippen LogP contribution in [0.25, 0.3) is 0 Å². The van der Waals surface area contributed by atoms with E-state index in [-0.39, 0.29) is 11.3 Å². The molecule has 0 saturated carbocycles. The van der Waals surface area contributed by atoms with Crippen LogP contribution in [0.1, 0.15) is 5.56 Å². The zero-order valence-corrected chi connectivity index (χ0v) is 16.8. The molecule has 1 aliphatic heterocycles. The molecule has 1 fully saturated rings. The van der Waals surface area contributed by atoms with Crippen LogP contribution in [0.3, 0.4) is 0 Å². The lowest BCUT2D eigenvalue weighted by Gasteiger charge is -2.36. The molecule has 0 bridgehead atoms. The summed E-state index contributed by atoms with van der Waals surface area (Å²) in [4.78, 5) is 4.53. The van der Waals surface area contributed by atoms with Crippen molar-refractivity contribution in [1.82, 2.24) is 9.62 Å². The molecular weight excluding hydrogens is 381 g/mol. The molecule has 0 unspecified atom stereocenters. The molecule has 0 amide bonds. The van der Waals surface area contributed by atoms with Crippen molar-refractivity contribution in [3.05, 3.63) is 59.9 Å². The Labute approximate surface area is 166 Å². The van der Waals surface area contributed by atoms with Crippen molar-refractivity contribution in [3.63, 3.8) is 0 Å². The third-order valence-electron chi connectivity index (χ3n) is 4.86. The summed E-state index contributed by atoms with van der Waals surface area (Å²) < 4.78 is 45.7. The minimum Gasteiger partial charge on any atom is -0.497 e. The Morgan fingerprint density at radius 3 is 2.36 bits per heavy atom. The Hall–Kier alpha value is -2.16. The minimum absolute atomic E-state index is 0.183. The molecule has 0 atom stereocenters. The molecule has 152 valence electrons. The molecule has 1 aliphatic rings. The molecule has 1 saturated heterocycles. The number of hydrogen-bond donors (Lipinski definition) is 1. The highest BCUT2D eigenvalue weighted by atomic mass is 32.2. The molecule has 1 heterocycles. The van der Waals surface area contributed by atoms with Gasteiger partial charge in [0.1, 0.15) is 11.6 Å². The van der Waals surface area contributed by atoms with E-state index in [1.54, 1.807) is 19.2 Å². The highest BCUT2D eigenvalue weighted by Gasteiger charge is 2.18. The van der Waals surface area contributed by atoms with Gasteiger partial charge in [-0.1, -0.05) is 18.2 Å². The Bertz CT molecular complexity index is 867. The summed E-state index contributed by atoms with van der Waals surface area (Å²) in [6, 6.07) is 13.9. The standard InChI is InChI=1S/C20H26FN3O3S/c1-27-19-8-6-18(7-9-19)24-14-12-23(13-15-24)11-10-22-28(25,26)16-17-4-2-3-5-20(17)21/h2-9,22H,10-16H2,1H3. The van der Waals surface area contributed by atoms with Gasteiger partial charge in [-0.05, 0) is 30.3 Å². The third-order valence-corrected chi connectivity index (χ3v) is 6.20. The van der Waals surface area contributed by atoms with Gasteiger partial charge in [0.15, 0.2) is 0 Å². The zero-order chi connectivity index (χ0) is 20.0. The van der Waals surface area contributed by atoms with Gasteiger partial charge in [-0.3, -0.25) is 4.90 Å². The van der Waals surface area contributed by atoms with Crippen LogP contribution < -0.4 is 14.4 Å². The van der Waals surface area contributed by atoms with Gasteiger partial charge in [-0.2, -0.15) is 0 Å². The average molecular weight is 408 g/mol. The predicted molar refractivity (Wildman–Crippen MR) is 109 cm³/mol. The monoisotopic (exact) mass is 407 g/mol. The minimum atomic E-state index is -3.56. The molecule has 2 aromatic carbocycles. The second-order valence-electron chi connectivity index (χ2n) is 6.77. The molecule has 0 aliphatic carbocycles. The number of halogens is 1. The molecule has 3 rings (SSSR count). The lowest BCUT2D eigenvalue weighted by Crippen LogP contribution is -2.48. The van der Waals surface area contributed by atoms with E-state index in [2.05, 4.69) is 14.5 Å². The van der Waals surface area contributed by atoms with Crippen LogP contribution in [-0.4, -0.2) is 59.7 Å². The molecule has 6 nitrogen and oxygen atoms in total. The van der Waals surface area contributed by atoms with Crippen LogP contribution in [0.2, 0.25) is 0 Å². The largest absolute Gasteiger partial charge is 0.497 e. The number of hydrogen-bond acceptors (Lipinski definition) is 5. The van der Waals surface area contributed by atoms with Crippen molar-refractivity contribution in [2.24, 2.45) is 0 Å². The fourth-order valence-electron chi connectivity index (χ4n) is 3.25. The number of benzene rings is 2. The van der Waals surface area contributed by atoms with Gasteiger partial charge in [0, 0.05) is 50.5 Å². The first-order chi connectivity index (χ1) is 13.5. The first kappa shape index (κ1) is 20.6. The van der Waals surface area contributed by atoms with E-state index < -0.39 is 15.8 Å². The Kier molecular flexibility index (Phi) is 6.88. The second-order valence-corrected chi connectivity index (χ2v) is 8.58. The lowest BCUT2D eigenvalue weighted by atomic mass is 10.2. The van der Waals surface area contributed by atoms with E-state index in [0.29, 0.717) is 13.1 Å². The molecule has 0 aromatic heterocycles. The number of anilines is 1. The lowest BCUT2D eigenvalue weighted by molar-refractivity contribution is 0.262.